The molecule has 0 aromatic heterocycles. The molecule has 0 spiro atoms. The van der Waals surface area contributed by atoms with Gasteiger partial charge in [-0.05, 0) is 42.5 Å². The fourth-order valence-corrected chi connectivity index (χ4v) is 11.6. The lowest BCUT2D eigenvalue weighted by Gasteiger charge is -2.46. The van der Waals surface area contributed by atoms with Crippen LogP contribution in [0.4, 0.5) is 4.79 Å². The van der Waals surface area contributed by atoms with Crippen molar-refractivity contribution in [1.29, 1.82) is 0 Å². The van der Waals surface area contributed by atoms with Crippen molar-refractivity contribution in [2.45, 2.75) is 142 Å². The number of rotatable bonds is 19. The van der Waals surface area contributed by atoms with Gasteiger partial charge in [-0.25, -0.2) is 9.59 Å². The highest BCUT2D eigenvalue weighted by atomic mass is 28.4. The summed E-state index contributed by atoms with van der Waals surface area (Å²) in [6.45, 7) is 17.8. The third-order valence-electron chi connectivity index (χ3n) is 8.12. The number of aliphatic hydroxyl groups excluding tert-OH is 1. The van der Waals surface area contributed by atoms with Gasteiger partial charge in [0.15, 0.2) is 6.04 Å². The van der Waals surface area contributed by atoms with Crippen LogP contribution in [-0.4, -0.2) is 60.9 Å². The maximum atomic E-state index is 13.3. The maximum Gasteiger partial charge on any atom is 0.408 e. The van der Waals surface area contributed by atoms with Gasteiger partial charge in [0.05, 0.1) is 18.1 Å². The van der Waals surface area contributed by atoms with E-state index in [9.17, 15) is 24.6 Å². The predicted molar refractivity (Wildman–Crippen MR) is 167 cm³/mol. The average Bonchev–Trinajstić information content (AvgIpc) is 2.91. The lowest BCUT2D eigenvalue weighted by molar-refractivity contribution is -0.165. The van der Waals surface area contributed by atoms with Gasteiger partial charge >= 0.3 is 18.0 Å². The number of carboxylic acids is 1. The summed E-state index contributed by atoms with van der Waals surface area (Å²) in [6.07, 6.45) is 0.0373. The molecule has 0 aliphatic heterocycles. The van der Waals surface area contributed by atoms with Crippen molar-refractivity contribution in [1.82, 2.24) is 5.32 Å². The molecule has 1 amide bonds. The quantitative estimate of drug-likeness (QED) is 0.0884. The Labute approximate surface area is 253 Å². The summed E-state index contributed by atoms with van der Waals surface area (Å²) in [5.74, 6) is -2.77. The lowest BCUT2D eigenvalue weighted by atomic mass is 9.92. The Balaban J connectivity index is 3.24. The number of benzene rings is 1. The molecule has 9 nitrogen and oxygen atoms in total. The SMILES string of the molecule is CCCCCC[C@@H](C(=O)O)[C@@H](O[Si](C(C)C)(C(C)C)C(C)C)[C@H](C)OC(=O)[C@@H](NC(=O)OCc1ccccc1)[C@@H](C)O. The Bertz CT molecular complexity index is 931. The average molecular weight is 610 g/mol. The molecular formula is C32H55NO8Si. The van der Waals surface area contributed by atoms with E-state index >= 15 is 0 Å². The van der Waals surface area contributed by atoms with E-state index in [-0.39, 0.29) is 23.2 Å². The molecule has 0 aliphatic rings. The van der Waals surface area contributed by atoms with Crippen molar-refractivity contribution in [2.75, 3.05) is 0 Å². The zero-order valence-corrected chi connectivity index (χ0v) is 28.1. The first kappa shape index (κ1) is 37.6. The molecule has 0 bridgehead atoms. The van der Waals surface area contributed by atoms with Crippen molar-refractivity contribution in [3.8, 4) is 0 Å². The molecule has 1 aromatic rings. The number of esters is 1. The zero-order valence-electron chi connectivity index (χ0n) is 27.1. The summed E-state index contributed by atoms with van der Waals surface area (Å²) in [4.78, 5) is 38.5. The number of unbranched alkanes of at least 4 members (excludes halogenated alkanes) is 3. The van der Waals surface area contributed by atoms with Crippen molar-refractivity contribution >= 4 is 26.3 Å². The van der Waals surface area contributed by atoms with Crippen LogP contribution in [0.5, 0.6) is 0 Å². The molecule has 0 saturated carbocycles. The normalized spacial score (nSPS) is 15.6. The van der Waals surface area contributed by atoms with Crippen LogP contribution < -0.4 is 5.32 Å². The minimum Gasteiger partial charge on any atom is -0.481 e. The van der Waals surface area contributed by atoms with Crippen LogP contribution in [0.25, 0.3) is 0 Å². The zero-order chi connectivity index (χ0) is 32.0. The van der Waals surface area contributed by atoms with Crippen LogP contribution >= 0.6 is 0 Å². The highest BCUT2D eigenvalue weighted by molar-refractivity contribution is 6.77. The number of aliphatic hydroxyl groups is 1. The number of carboxylic acid groups (broad SMARTS) is 1. The summed E-state index contributed by atoms with van der Waals surface area (Å²) >= 11 is 0. The molecular weight excluding hydrogens is 554 g/mol. The Morgan fingerprint density at radius 2 is 1.45 bits per heavy atom. The molecule has 240 valence electrons. The Hall–Kier alpha value is -2.43. The first-order valence-electron chi connectivity index (χ1n) is 15.4. The summed E-state index contributed by atoms with van der Waals surface area (Å²) in [6, 6.07) is 7.66. The summed E-state index contributed by atoms with van der Waals surface area (Å²) < 4.78 is 18.0. The molecule has 0 fully saturated rings. The van der Waals surface area contributed by atoms with Crippen molar-refractivity contribution in [3.63, 3.8) is 0 Å². The van der Waals surface area contributed by atoms with E-state index in [2.05, 4.69) is 53.8 Å². The Kier molecular flexibility index (Phi) is 16.4. The number of hydrogen-bond donors (Lipinski definition) is 3. The molecule has 10 heteroatoms. The molecule has 0 unspecified atom stereocenters. The number of amides is 1. The topological polar surface area (TPSA) is 131 Å². The van der Waals surface area contributed by atoms with Gasteiger partial charge in [-0.3, -0.25) is 4.79 Å². The van der Waals surface area contributed by atoms with E-state index < -0.39 is 56.6 Å². The van der Waals surface area contributed by atoms with Gasteiger partial charge in [0.2, 0.25) is 8.32 Å². The smallest absolute Gasteiger partial charge is 0.408 e. The van der Waals surface area contributed by atoms with Gasteiger partial charge in [-0.15, -0.1) is 0 Å². The molecule has 5 atom stereocenters. The van der Waals surface area contributed by atoms with E-state index in [1.165, 1.54) is 6.92 Å². The monoisotopic (exact) mass is 609 g/mol. The standard InChI is InChI=1S/C32H55NO8Si/c1-10-11-12-16-19-27(30(35)36)29(41-42(21(2)3,22(4)5)23(6)7)25(9)40-31(37)28(24(8)34)33-32(38)39-20-26-17-14-13-15-18-26/h13-15,17-18,21-25,27-29,34H,10-12,16,19-20H2,1-9H3,(H,33,38)(H,35,36)/t24-,25+,27-,28+,29+/m1/s1. The van der Waals surface area contributed by atoms with E-state index in [1.54, 1.807) is 19.1 Å². The molecule has 1 aromatic carbocycles. The van der Waals surface area contributed by atoms with E-state index in [4.69, 9.17) is 13.9 Å². The van der Waals surface area contributed by atoms with Crippen LogP contribution in [0, 0.1) is 5.92 Å². The van der Waals surface area contributed by atoms with Gasteiger partial charge in [0.1, 0.15) is 12.7 Å². The summed E-state index contributed by atoms with van der Waals surface area (Å²) in [5, 5.41) is 23.1. The minimum atomic E-state index is -2.58. The third-order valence-corrected chi connectivity index (χ3v) is 14.2. The fraction of sp³-hybridized carbons (Fsp3) is 0.719. The number of hydrogen-bond acceptors (Lipinski definition) is 7. The van der Waals surface area contributed by atoms with Gasteiger partial charge in [0, 0.05) is 0 Å². The first-order valence-corrected chi connectivity index (χ1v) is 17.6. The number of carbonyl (C=O) groups is 3. The van der Waals surface area contributed by atoms with Crippen molar-refractivity contribution in [2.24, 2.45) is 5.92 Å². The van der Waals surface area contributed by atoms with Crippen molar-refractivity contribution in [3.05, 3.63) is 35.9 Å². The summed E-state index contributed by atoms with van der Waals surface area (Å²) in [7, 11) is -2.58. The molecule has 1 rings (SSSR count). The molecule has 0 saturated heterocycles. The summed E-state index contributed by atoms with van der Waals surface area (Å²) in [5.41, 5.74) is 1.32. The van der Waals surface area contributed by atoms with Crippen LogP contribution in [-0.2, 0) is 30.1 Å². The van der Waals surface area contributed by atoms with Crippen molar-refractivity contribution < 1.29 is 38.5 Å². The number of nitrogens with one attached hydrogen (secondary N) is 1. The second-order valence-corrected chi connectivity index (χ2v) is 17.7. The number of ether oxygens (including phenoxy) is 2. The molecule has 0 radical (unpaired) electrons. The predicted octanol–water partition coefficient (Wildman–Crippen LogP) is 6.83. The van der Waals surface area contributed by atoms with Crippen LogP contribution in [0.15, 0.2) is 30.3 Å². The number of alkyl carbamates (subject to hydrolysis) is 1. The fourth-order valence-electron chi connectivity index (χ4n) is 5.96. The van der Waals surface area contributed by atoms with Crippen LogP contribution in [0.2, 0.25) is 16.6 Å². The van der Waals surface area contributed by atoms with Gasteiger partial charge in [-0.1, -0.05) is 104 Å². The van der Waals surface area contributed by atoms with Crippen LogP contribution in [0.1, 0.15) is 100.0 Å². The van der Waals surface area contributed by atoms with Gasteiger partial charge in [0.25, 0.3) is 0 Å². The van der Waals surface area contributed by atoms with E-state index in [0.717, 1.165) is 31.2 Å². The number of aliphatic carboxylic acids is 1. The minimum absolute atomic E-state index is 0.00872. The highest BCUT2D eigenvalue weighted by Crippen LogP contribution is 2.44. The largest absolute Gasteiger partial charge is 0.481 e. The Morgan fingerprint density at radius 1 is 0.881 bits per heavy atom. The van der Waals surface area contributed by atoms with E-state index in [1.807, 2.05) is 18.2 Å². The Morgan fingerprint density at radius 3 is 1.93 bits per heavy atom. The molecule has 0 heterocycles. The molecule has 3 N–H and O–H groups in total. The second-order valence-electron chi connectivity index (χ2n) is 12.3. The number of carbonyl (C=O) groups excluding carboxylic acids is 2. The second kappa shape index (κ2) is 18.3. The van der Waals surface area contributed by atoms with Gasteiger partial charge < -0.3 is 29.4 Å². The molecule has 0 aliphatic carbocycles. The third kappa shape index (κ3) is 11.0. The lowest BCUT2D eigenvalue weighted by Crippen LogP contribution is -2.56. The molecule has 42 heavy (non-hydrogen) atoms. The van der Waals surface area contributed by atoms with E-state index in [0.29, 0.717) is 6.42 Å². The van der Waals surface area contributed by atoms with Crippen LogP contribution in [0.3, 0.4) is 0 Å². The maximum absolute atomic E-state index is 13.3. The first-order chi connectivity index (χ1) is 19.7. The van der Waals surface area contributed by atoms with Gasteiger partial charge in [-0.2, -0.15) is 0 Å². The highest BCUT2D eigenvalue weighted by Gasteiger charge is 2.50.